The van der Waals surface area contributed by atoms with Gasteiger partial charge in [0, 0.05) is 39.8 Å². The smallest absolute Gasteiger partial charge is 0.251 e. The SMILES string of the molecule is Cc1nn(C)c2c1[C@@H](c1cccc(Cl)c1)[C@H](NC(=O)c1ccc(Cl)cc1)C(=O)C2. The van der Waals surface area contributed by atoms with E-state index in [1.54, 1.807) is 35.0 Å². The van der Waals surface area contributed by atoms with Crippen LogP contribution >= 0.6 is 23.2 Å². The van der Waals surface area contributed by atoms with Crippen molar-refractivity contribution in [2.24, 2.45) is 7.05 Å². The van der Waals surface area contributed by atoms with E-state index >= 15 is 0 Å². The average Bonchev–Trinajstić information content (AvgIpc) is 2.96. The number of benzene rings is 2. The molecule has 5 nitrogen and oxygen atoms in total. The van der Waals surface area contributed by atoms with Gasteiger partial charge in [-0.2, -0.15) is 5.10 Å². The highest BCUT2D eigenvalue weighted by atomic mass is 35.5. The van der Waals surface area contributed by atoms with Crippen LogP contribution in [-0.4, -0.2) is 27.5 Å². The van der Waals surface area contributed by atoms with Crippen LogP contribution in [0.25, 0.3) is 0 Å². The van der Waals surface area contributed by atoms with Gasteiger partial charge in [-0.05, 0) is 48.9 Å². The van der Waals surface area contributed by atoms with Gasteiger partial charge in [0.25, 0.3) is 5.91 Å². The molecule has 0 bridgehead atoms. The molecule has 2 atom stereocenters. The first-order valence-corrected chi connectivity index (χ1v) is 9.97. The summed E-state index contributed by atoms with van der Waals surface area (Å²) in [5, 5.41) is 8.57. The van der Waals surface area contributed by atoms with E-state index in [-0.39, 0.29) is 24.0 Å². The van der Waals surface area contributed by atoms with Crippen LogP contribution in [0.5, 0.6) is 0 Å². The zero-order chi connectivity index (χ0) is 20.7. The van der Waals surface area contributed by atoms with E-state index in [9.17, 15) is 9.59 Å². The second-order valence-electron chi connectivity index (χ2n) is 7.20. The number of rotatable bonds is 3. The van der Waals surface area contributed by atoms with Crippen LogP contribution in [0.2, 0.25) is 10.0 Å². The zero-order valence-corrected chi connectivity index (χ0v) is 17.5. The minimum atomic E-state index is -0.716. The molecule has 2 aromatic carbocycles. The van der Waals surface area contributed by atoms with E-state index in [1.807, 2.05) is 32.2 Å². The Hall–Kier alpha value is -2.63. The number of halogens is 2. The van der Waals surface area contributed by atoms with Crippen molar-refractivity contribution in [3.63, 3.8) is 0 Å². The van der Waals surface area contributed by atoms with Crippen molar-refractivity contribution in [1.29, 1.82) is 0 Å². The fourth-order valence-electron chi connectivity index (χ4n) is 4.01. The van der Waals surface area contributed by atoms with E-state index in [2.05, 4.69) is 10.4 Å². The van der Waals surface area contributed by atoms with Gasteiger partial charge in [0.05, 0.1) is 18.2 Å². The number of aryl methyl sites for hydroxylation is 2. The Morgan fingerprint density at radius 2 is 1.86 bits per heavy atom. The largest absolute Gasteiger partial charge is 0.341 e. The second-order valence-corrected chi connectivity index (χ2v) is 8.08. The summed E-state index contributed by atoms with van der Waals surface area (Å²) in [6.45, 7) is 1.92. The Morgan fingerprint density at radius 1 is 1.14 bits per heavy atom. The Morgan fingerprint density at radius 3 is 2.55 bits per heavy atom. The summed E-state index contributed by atoms with van der Waals surface area (Å²) in [5.41, 5.74) is 3.99. The Kier molecular flexibility index (Phi) is 5.19. The van der Waals surface area contributed by atoms with Gasteiger partial charge < -0.3 is 5.32 Å². The number of aromatic nitrogens is 2. The van der Waals surface area contributed by atoms with Crippen molar-refractivity contribution in [2.75, 3.05) is 0 Å². The lowest BCUT2D eigenvalue weighted by molar-refractivity contribution is -0.121. The molecule has 7 heteroatoms. The molecule has 1 amide bonds. The maximum atomic E-state index is 13.1. The number of fused-ring (bicyclic) bond motifs is 1. The molecule has 148 valence electrons. The van der Waals surface area contributed by atoms with Gasteiger partial charge in [-0.3, -0.25) is 14.3 Å². The number of Topliss-reactive ketones (excluding diaryl/α,β-unsaturated/α-hetero) is 1. The van der Waals surface area contributed by atoms with Crippen LogP contribution in [-0.2, 0) is 18.3 Å². The molecule has 1 heterocycles. The monoisotopic (exact) mass is 427 g/mol. The van der Waals surface area contributed by atoms with Crippen LogP contribution in [0, 0.1) is 6.92 Å². The fourth-order valence-corrected chi connectivity index (χ4v) is 4.34. The molecule has 0 aliphatic heterocycles. The topological polar surface area (TPSA) is 64.0 Å². The molecule has 29 heavy (non-hydrogen) atoms. The number of hydrogen-bond acceptors (Lipinski definition) is 3. The van der Waals surface area contributed by atoms with Crippen molar-refractivity contribution in [2.45, 2.75) is 25.3 Å². The summed E-state index contributed by atoms with van der Waals surface area (Å²) in [7, 11) is 1.83. The fraction of sp³-hybridized carbons (Fsp3) is 0.227. The first-order valence-electron chi connectivity index (χ1n) is 9.22. The van der Waals surface area contributed by atoms with Gasteiger partial charge in [0.15, 0.2) is 5.78 Å². The van der Waals surface area contributed by atoms with Crippen molar-refractivity contribution in [3.05, 3.63) is 86.7 Å². The molecule has 3 aromatic rings. The number of carbonyl (C=O) groups excluding carboxylic acids is 2. The van der Waals surface area contributed by atoms with Crippen LogP contribution in [0.3, 0.4) is 0 Å². The van der Waals surface area contributed by atoms with Crippen LogP contribution in [0.15, 0.2) is 48.5 Å². The average molecular weight is 428 g/mol. The molecular weight excluding hydrogens is 409 g/mol. The molecule has 0 saturated heterocycles. The molecule has 1 aliphatic carbocycles. The maximum absolute atomic E-state index is 13.1. The molecule has 0 spiro atoms. The van der Waals surface area contributed by atoms with Crippen molar-refractivity contribution >= 4 is 34.9 Å². The van der Waals surface area contributed by atoms with Gasteiger partial charge >= 0.3 is 0 Å². The van der Waals surface area contributed by atoms with Gasteiger partial charge in [-0.15, -0.1) is 0 Å². The van der Waals surface area contributed by atoms with E-state index < -0.39 is 6.04 Å². The zero-order valence-electron chi connectivity index (χ0n) is 15.9. The molecule has 1 N–H and O–H groups in total. The van der Waals surface area contributed by atoms with E-state index in [4.69, 9.17) is 23.2 Å². The molecule has 0 radical (unpaired) electrons. The predicted molar refractivity (Wildman–Crippen MR) is 113 cm³/mol. The molecule has 1 aromatic heterocycles. The number of hydrogen-bond donors (Lipinski definition) is 1. The first-order chi connectivity index (χ1) is 13.8. The van der Waals surface area contributed by atoms with E-state index in [1.165, 1.54) is 0 Å². The summed E-state index contributed by atoms with van der Waals surface area (Å²) in [5.74, 6) is -0.750. The standard InChI is InChI=1S/C22H19Cl2N3O2/c1-12-19-17(27(2)26-12)11-18(28)21(20(19)14-4-3-5-16(24)10-14)25-22(29)13-6-8-15(23)9-7-13/h3-10,20-21H,11H2,1-2H3,(H,25,29)/t20-,21-/m1/s1. The van der Waals surface area contributed by atoms with Gasteiger partial charge in [0.1, 0.15) is 0 Å². The first kappa shape index (κ1) is 19.7. The van der Waals surface area contributed by atoms with E-state index in [0.29, 0.717) is 15.6 Å². The van der Waals surface area contributed by atoms with Gasteiger partial charge in [-0.25, -0.2) is 0 Å². The third-order valence-corrected chi connectivity index (χ3v) is 5.81. The second kappa shape index (κ2) is 7.65. The number of carbonyl (C=O) groups is 2. The number of nitrogens with one attached hydrogen (secondary N) is 1. The Bertz CT molecular complexity index is 1110. The lowest BCUT2D eigenvalue weighted by Gasteiger charge is -2.32. The van der Waals surface area contributed by atoms with Gasteiger partial charge in [0.2, 0.25) is 0 Å². The predicted octanol–water partition coefficient (Wildman–Crippen LogP) is 4.09. The third-order valence-electron chi connectivity index (χ3n) is 5.33. The maximum Gasteiger partial charge on any atom is 0.251 e. The molecule has 0 saturated carbocycles. The van der Waals surface area contributed by atoms with Crippen molar-refractivity contribution in [3.8, 4) is 0 Å². The summed E-state index contributed by atoms with van der Waals surface area (Å²) in [6.07, 6.45) is 0.218. The quantitative estimate of drug-likeness (QED) is 0.684. The Labute approximate surface area is 178 Å². The number of amides is 1. The van der Waals surface area contributed by atoms with Crippen molar-refractivity contribution < 1.29 is 9.59 Å². The summed E-state index contributed by atoms with van der Waals surface area (Å²) in [4.78, 5) is 26.0. The molecule has 4 rings (SSSR count). The van der Waals surface area contributed by atoms with Crippen LogP contribution < -0.4 is 5.32 Å². The van der Waals surface area contributed by atoms with Crippen molar-refractivity contribution in [1.82, 2.24) is 15.1 Å². The lowest BCUT2D eigenvalue weighted by Crippen LogP contribution is -2.48. The summed E-state index contributed by atoms with van der Waals surface area (Å²) in [6, 6.07) is 13.3. The van der Waals surface area contributed by atoms with Crippen LogP contribution in [0.4, 0.5) is 0 Å². The highest BCUT2D eigenvalue weighted by Crippen LogP contribution is 2.38. The molecule has 0 unspecified atom stereocenters. The molecule has 0 fully saturated rings. The highest BCUT2D eigenvalue weighted by molar-refractivity contribution is 6.31. The summed E-state index contributed by atoms with van der Waals surface area (Å²) < 4.78 is 1.75. The van der Waals surface area contributed by atoms with E-state index in [0.717, 1.165) is 22.5 Å². The minimum Gasteiger partial charge on any atom is -0.341 e. The third kappa shape index (κ3) is 3.68. The number of nitrogens with zero attached hydrogens (tertiary/aromatic N) is 2. The lowest BCUT2D eigenvalue weighted by atomic mass is 9.76. The number of ketones is 1. The summed E-state index contributed by atoms with van der Waals surface area (Å²) >= 11 is 12.1. The normalized spacial score (nSPS) is 18.4. The van der Waals surface area contributed by atoms with Gasteiger partial charge in [-0.1, -0.05) is 35.3 Å². The van der Waals surface area contributed by atoms with Crippen LogP contribution in [0.1, 0.15) is 38.8 Å². The molecule has 1 aliphatic rings. The highest BCUT2D eigenvalue weighted by Gasteiger charge is 2.41. The Balaban J connectivity index is 1.78. The molecular formula is C22H19Cl2N3O2. The minimum absolute atomic E-state index is 0.0622.